The first-order valence-electron chi connectivity index (χ1n) is 11.4. The van der Waals surface area contributed by atoms with E-state index in [0.29, 0.717) is 57.3 Å². The summed E-state index contributed by atoms with van der Waals surface area (Å²) >= 11 is 1.63. The molecular weight excluding hydrogens is 464 g/mol. The van der Waals surface area contributed by atoms with Gasteiger partial charge < -0.3 is 19.9 Å². The van der Waals surface area contributed by atoms with Crippen molar-refractivity contribution in [3.8, 4) is 0 Å². The molecule has 9 nitrogen and oxygen atoms in total. The number of hydrogen-bond donors (Lipinski definition) is 1. The van der Waals surface area contributed by atoms with E-state index in [2.05, 4.69) is 10.2 Å². The molecule has 33 heavy (non-hydrogen) atoms. The van der Waals surface area contributed by atoms with Crippen LogP contribution < -0.4 is 10.2 Å². The van der Waals surface area contributed by atoms with E-state index < -0.39 is 16.1 Å². The number of sulfonamides is 1. The van der Waals surface area contributed by atoms with Crippen molar-refractivity contribution in [1.82, 2.24) is 9.21 Å². The summed E-state index contributed by atoms with van der Waals surface area (Å²) < 4.78 is 33.1. The van der Waals surface area contributed by atoms with Crippen LogP contribution in [0.2, 0.25) is 0 Å². The fourth-order valence-electron chi connectivity index (χ4n) is 4.80. The minimum atomic E-state index is -3.69. The van der Waals surface area contributed by atoms with Gasteiger partial charge in [-0.3, -0.25) is 9.59 Å². The van der Waals surface area contributed by atoms with Crippen LogP contribution in [0.25, 0.3) is 0 Å². The van der Waals surface area contributed by atoms with Crippen molar-refractivity contribution < 1.29 is 22.7 Å². The monoisotopic (exact) mass is 496 g/mol. The quantitative estimate of drug-likeness (QED) is 0.616. The molecule has 3 aliphatic rings. The molecule has 0 aliphatic carbocycles. The molecule has 4 rings (SSSR count). The maximum atomic E-state index is 13.4. The fraction of sp³-hybridized carbons (Fsp3) is 0.636. The van der Waals surface area contributed by atoms with Gasteiger partial charge in [0, 0.05) is 38.4 Å². The number of nitrogens with zero attached hydrogens (tertiary/aromatic N) is 3. The summed E-state index contributed by atoms with van der Waals surface area (Å²) in [5.41, 5.74) is 1.20. The number of morpholine rings is 1. The van der Waals surface area contributed by atoms with Gasteiger partial charge in [-0.05, 0) is 31.5 Å². The van der Waals surface area contributed by atoms with E-state index in [4.69, 9.17) is 4.74 Å². The van der Waals surface area contributed by atoms with Crippen molar-refractivity contribution in [3.63, 3.8) is 0 Å². The molecule has 2 atom stereocenters. The molecule has 3 heterocycles. The Morgan fingerprint density at radius 2 is 1.97 bits per heavy atom. The lowest BCUT2D eigenvalue weighted by molar-refractivity contribution is -0.135. The zero-order valence-electron chi connectivity index (χ0n) is 19.4. The number of amides is 2. The van der Waals surface area contributed by atoms with Crippen molar-refractivity contribution in [2.45, 2.75) is 49.4 Å². The Balaban J connectivity index is 1.67. The Bertz CT molecular complexity index is 1020. The maximum absolute atomic E-state index is 13.4. The highest BCUT2D eigenvalue weighted by Crippen LogP contribution is 2.47. The Labute approximate surface area is 199 Å². The number of fused-ring (bicyclic) bond motifs is 1. The normalized spacial score (nSPS) is 25.6. The van der Waals surface area contributed by atoms with Crippen LogP contribution in [0.15, 0.2) is 23.1 Å². The van der Waals surface area contributed by atoms with E-state index in [1.165, 1.54) is 4.31 Å². The minimum absolute atomic E-state index is 0.00563. The maximum Gasteiger partial charge on any atom is 0.248 e. The van der Waals surface area contributed by atoms with Crippen LogP contribution in [-0.4, -0.2) is 85.5 Å². The second kappa shape index (κ2) is 9.44. The highest BCUT2D eigenvalue weighted by atomic mass is 32.2. The number of ether oxygens (including phenoxy) is 1. The summed E-state index contributed by atoms with van der Waals surface area (Å²) in [5, 5.41) is 2.98. The molecule has 0 saturated carbocycles. The number of benzene rings is 1. The van der Waals surface area contributed by atoms with Crippen molar-refractivity contribution >= 4 is 45.0 Å². The summed E-state index contributed by atoms with van der Waals surface area (Å²) in [6.07, 6.45) is 1.18. The number of carbonyl (C=O) groups is 2. The molecule has 3 aliphatic heterocycles. The summed E-state index contributed by atoms with van der Waals surface area (Å²) in [4.78, 5) is 29.4. The molecule has 0 unspecified atom stereocenters. The molecule has 3 fully saturated rings. The Kier molecular flexibility index (Phi) is 6.95. The van der Waals surface area contributed by atoms with E-state index in [0.717, 1.165) is 12.1 Å². The van der Waals surface area contributed by atoms with Crippen LogP contribution in [0.4, 0.5) is 11.4 Å². The molecule has 11 heteroatoms. The van der Waals surface area contributed by atoms with E-state index in [9.17, 15) is 18.0 Å². The smallest absolute Gasteiger partial charge is 0.248 e. The van der Waals surface area contributed by atoms with Crippen LogP contribution in [-0.2, 0) is 24.3 Å². The number of hydrogen-bond acceptors (Lipinski definition) is 7. The van der Waals surface area contributed by atoms with Crippen LogP contribution in [0, 0.1) is 0 Å². The second-order valence-corrected chi connectivity index (χ2v) is 12.1. The topological polar surface area (TPSA) is 99.3 Å². The van der Waals surface area contributed by atoms with Gasteiger partial charge in [0.25, 0.3) is 0 Å². The molecule has 3 saturated heterocycles. The van der Waals surface area contributed by atoms with Gasteiger partial charge in [0.05, 0.1) is 34.4 Å². The predicted octanol–water partition coefficient (Wildman–Crippen LogP) is 1.95. The van der Waals surface area contributed by atoms with Gasteiger partial charge in [0.1, 0.15) is 6.04 Å². The predicted molar refractivity (Wildman–Crippen MR) is 129 cm³/mol. The Hall–Kier alpha value is -1.82. The van der Waals surface area contributed by atoms with Gasteiger partial charge in [0.15, 0.2) is 0 Å². The van der Waals surface area contributed by atoms with E-state index >= 15 is 0 Å². The van der Waals surface area contributed by atoms with Gasteiger partial charge >= 0.3 is 0 Å². The largest absolute Gasteiger partial charge is 0.378 e. The average molecular weight is 497 g/mol. The van der Waals surface area contributed by atoms with Crippen molar-refractivity contribution in [1.29, 1.82) is 0 Å². The first kappa shape index (κ1) is 24.3. The van der Waals surface area contributed by atoms with Gasteiger partial charge in [-0.15, -0.1) is 11.8 Å². The summed E-state index contributed by atoms with van der Waals surface area (Å²) in [5.74, 6) is 0.237. The SMILES string of the molecule is CCN(CC)S(=O)(=O)c1ccc(N2CCOCC2)c(NC(=O)[C@@H]2CS[C@]3(C)CCC(=O)N23)c1. The molecule has 182 valence electrons. The molecule has 0 bridgehead atoms. The molecule has 1 aromatic carbocycles. The number of thioether (sulfide) groups is 1. The number of rotatable bonds is 7. The molecule has 1 N–H and O–H groups in total. The summed E-state index contributed by atoms with van der Waals surface area (Å²) in [6.45, 7) is 8.74. The third-order valence-corrected chi connectivity index (χ3v) is 10.2. The minimum Gasteiger partial charge on any atom is -0.378 e. The lowest BCUT2D eigenvalue weighted by Gasteiger charge is -2.32. The van der Waals surface area contributed by atoms with Crippen LogP contribution >= 0.6 is 11.8 Å². The first-order valence-corrected chi connectivity index (χ1v) is 13.9. The van der Waals surface area contributed by atoms with E-state index in [1.807, 2.05) is 6.92 Å². The van der Waals surface area contributed by atoms with E-state index in [-0.39, 0.29) is 21.6 Å². The molecule has 0 radical (unpaired) electrons. The highest BCUT2D eigenvalue weighted by Gasteiger charge is 2.53. The van der Waals surface area contributed by atoms with Crippen LogP contribution in [0.1, 0.15) is 33.6 Å². The Morgan fingerprint density at radius 1 is 1.27 bits per heavy atom. The standard InChI is InChI=1S/C22H32N4O5S2/c1-4-25(5-2)33(29,30)16-6-7-18(24-10-12-31-13-11-24)17(14-16)23-21(28)19-15-32-22(3)9-8-20(27)26(19)22/h6-7,14,19H,4-5,8-13,15H2,1-3H3,(H,23,28)/t19-,22+/m0/s1. The average Bonchev–Trinajstić information content (AvgIpc) is 3.30. The second-order valence-electron chi connectivity index (χ2n) is 8.62. The lowest BCUT2D eigenvalue weighted by Crippen LogP contribution is -2.48. The van der Waals surface area contributed by atoms with Gasteiger partial charge in [-0.1, -0.05) is 13.8 Å². The van der Waals surface area contributed by atoms with Crippen molar-refractivity contribution in [3.05, 3.63) is 18.2 Å². The van der Waals surface area contributed by atoms with Crippen molar-refractivity contribution in [2.75, 3.05) is 55.4 Å². The first-order chi connectivity index (χ1) is 15.7. The lowest BCUT2D eigenvalue weighted by atomic mass is 10.2. The number of anilines is 2. The van der Waals surface area contributed by atoms with Crippen LogP contribution in [0.3, 0.4) is 0 Å². The molecular formula is C22H32N4O5S2. The number of nitrogens with one attached hydrogen (secondary N) is 1. The molecule has 0 spiro atoms. The van der Waals surface area contributed by atoms with Crippen LogP contribution in [0.5, 0.6) is 0 Å². The molecule has 2 amide bonds. The molecule has 0 aromatic heterocycles. The fourth-order valence-corrected chi connectivity index (χ4v) is 7.72. The molecule has 1 aromatic rings. The summed E-state index contributed by atoms with van der Waals surface area (Å²) in [6, 6.07) is 4.33. The van der Waals surface area contributed by atoms with Gasteiger partial charge in [0.2, 0.25) is 21.8 Å². The van der Waals surface area contributed by atoms with Gasteiger partial charge in [-0.2, -0.15) is 4.31 Å². The zero-order chi connectivity index (χ0) is 23.8. The third-order valence-electron chi connectivity index (χ3n) is 6.67. The van der Waals surface area contributed by atoms with E-state index in [1.54, 1.807) is 48.7 Å². The zero-order valence-corrected chi connectivity index (χ0v) is 21.0. The summed E-state index contributed by atoms with van der Waals surface area (Å²) in [7, 11) is -3.69. The number of carbonyl (C=O) groups excluding carboxylic acids is 2. The highest BCUT2D eigenvalue weighted by molar-refractivity contribution is 8.01. The van der Waals surface area contributed by atoms with Crippen molar-refractivity contribution in [2.24, 2.45) is 0 Å². The Morgan fingerprint density at radius 3 is 2.64 bits per heavy atom. The van der Waals surface area contributed by atoms with Gasteiger partial charge in [-0.25, -0.2) is 8.42 Å². The third kappa shape index (κ3) is 4.48.